The second-order valence-corrected chi connectivity index (χ2v) is 6.05. The van der Waals surface area contributed by atoms with Gasteiger partial charge >= 0.3 is 0 Å². The normalized spacial score (nSPS) is 12.3. The lowest BCUT2D eigenvalue weighted by atomic mass is 10.1. The molecule has 18 heavy (non-hydrogen) atoms. The van der Waals surface area contributed by atoms with Crippen molar-refractivity contribution in [1.82, 2.24) is 20.3 Å². The molecule has 0 bridgehead atoms. The van der Waals surface area contributed by atoms with Crippen LogP contribution < -0.4 is 5.32 Å². The standard InChI is InChI=1S/C13H26N4O/c1-11(2)10-18-7-6-17-9-12(15-16-17)8-14-13(3,4)5/h9,11,14H,6-8,10H2,1-5H3. The average molecular weight is 254 g/mol. The summed E-state index contributed by atoms with van der Waals surface area (Å²) in [4.78, 5) is 0. The van der Waals surface area contributed by atoms with E-state index in [-0.39, 0.29) is 5.54 Å². The van der Waals surface area contributed by atoms with Gasteiger partial charge in [0.15, 0.2) is 0 Å². The lowest BCUT2D eigenvalue weighted by Crippen LogP contribution is -2.35. The second kappa shape index (κ2) is 6.85. The number of aromatic nitrogens is 3. The Bertz CT molecular complexity index is 341. The monoisotopic (exact) mass is 254 g/mol. The Hall–Kier alpha value is -0.940. The van der Waals surface area contributed by atoms with Gasteiger partial charge in [0.25, 0.3) is 0 Å². The summed E-state index contributed by atoms with van der Waals surface area (Å²) >= 11 is 0. The molecule has 0 fully saturated rings. The molecule has 1 heterocycles. The molecule has 0 aromatic carbocycles. The highest BCUT2D eigenvalue weighted by atomic mass is 16.5. The maximum atomic E-state index is 5.52. The van der Waals surface area contributed by atoms with Crippen molar-refractivity contribution in [2.24, 2.45) is 5.92 Å². The summed E-state index contributed by atoms with van der Waals surface area (Å²) in [5, 5.41) is 11.6. The molecule has 5 nitrogen and oxygen atoms in total. The van der Waals surface area contributed by atoms with Crippen molar-refractivity contribution in [3.63, 3.8) is 0 Å². The van der Waals surface area contributed by atoms with Crippen LogP contribution >= 0.6 is 0 Å². The predicted molar refractivity (Wildman–Crippen MR) is 72.3 cm³/mol. The molecular formula is C13H26N4O. The Morgan fingerprint density at radius 1 is 1.39 bits per heavy atom. The third-order valence-electron chi connectivity index (χ3n) is 2.30. The minimum atomic E-state index is 0.101. The van der Waals surface area contributed by atoms with Gasteiger partial charge in [-0.15, -0.1) is 5.10 Å². The topological polar surface area (TPSA) is 52.0 Å². The molecule has 0 saturated heterocycles. The molecular weight excluding hydrogens is 228 g/mol. The van der Waals surface area contributed by atoms with Crippen LogP contribution in [0.3, 0.4) is 0 Å². The van der Waals surface area contributed by atoms with E-state index in [1.807, 2.05) is 10.9 Å². The van der Waals surface area contributed by atoms with Crippen LogP contribution in [0.2, 0.25) is 0 Å². The molecule has 104 valence electrons. The third-order valence-corrected chi connectivity index (χ3v) is 2.30. The van der Waals surface area contributed by atoms with Crippen LogP contribution in [-0.4, -0.2) is 33.7 Å². The first-order chi connectivity index (χ1) is 8.37. The van der Waals surface area contributed by atoms with Crippen molar-refractivity contribution < 1.29 is 4.74 Å². The molecule has 1 aromatic rings. The molecule has 5 heteroatoms. The second-order valence-electron chi connectivity index (χ2n) is 6.05. The number of hydrogen-bond acceptors (Lipinski definition) is 4. The molecule has 1 N–H and O–H groups in total. The van der Waals surface area contributed by atoms with Gasteiger partial charge in [0.1, 0.15) is 0 Å². The van der Waals surface area contributed by atoms with Crippen LogP contribution in [0.1, 0.15) is 40.3 Å². The van der Waals surface area contributed by atoms with Gasteiger partial charge < -0.3 is 10.1 Å². The van der Waals surface area contributed by atoms with Gasteiger partial charge in [0, 0.05) is 24.9 Å². The number of nitrogens with one attached hydrogen (secondary N) is 1. The van der Waals surface area contributed by atoms with Gasteiger partial charge in [0.2, 0.25) is 0 Å². The van der Waals surface area contributed by atoms with Crippen molar-refractivity contribution in [3.8, 4) is 0 Å². The minimum Gasteiger partial charge on any atom is -0.379 e. The van der Waals surface area contributed by atoms with Crippen molar-refractivity contribution in [1.29, 1.82) is 0 Å². The Morgan fingerprint density at radius 2 is 2.11 bits per heavy atom. The Balaban J connectivity index is 2.26. The van der Waals surface area contributed by atoms with Gasteiger partial charge in [-0.2, -0.15) is 0 Å². The Labute approximate surface area is 110 Å². The van der Waals surface area contributed by atoms with Crippen LogP contribution in [0.5, 0.6) is 0 Å². The lowest BCUT2D eigenvalue weighted by molar-refractivity contribution is 0.101. The Kier molecular flexibility index (Phi) is 5.75. The zero-order chi connectivity index (χ0) is 13.6. The maximum absolute atomic E-state index is 5.52. The summed E-state index contributed by atoms with van der Waals surface area (Å²) in [7, 11) is 0. The van der Waals surface area contributed by atoms with Gasteiger partial charge in [0.05, 0.1) is 18.8 Å². The minimum absolute atomic E-state index is 0.101. The zero-order valence-corrected chi connectivity index (χ0v) is 12.2. The van der Waals surface area contributed by atoms with Crippen molar-refractivity contribution in [2.45, 2.75) is 53.2 Å². The highest BCUT2D eigenvalue weighted by Gasteiger charge is 2.09. The van der Waals surface area contributed by atoms with E-state index in [1.165, 1.54) is 0 Å². The van der Waals surface area contributed by atoms with E-state index in [2.05, 4.69) is 50.2 Å². The number of hydrogen-bond donors (Lipinski definition) is 1. The fraction of sp³-hybridized carbons (Fsp3) is 0.846. The SMILES string of the molecule is CC(C)COCCn1cc(CNC(C)(C)C)nn1. The first-order valence-corrected chi connectivity index (χ1v) is 6.58. The van der Waals surface area contributed by atoms with Crippen LogP contribution in [0.4, 0.5) is 0 Å². The molecule has 0 aliphatic rings. The smallest absolute Gasteiger partial charge is 0.0965 e. The van der Waals surface area contributed by atoms with Gasteiger partial charge in [-0.3, -0.25) is 0 Å². The largest absolute Gasteiger partial charge is 0.379 e. The van der Waals surface area contributed by atoms with Crippen LogP contribution in [-0.2, 0) is 17.8 Å². The average Bonchev–Trinajstić information content (AvgIpc) is 2.68. The van der Waals surface area contributed by atoms with Gasteiger partial charge in [-0.05, 0) is 26.7 Å². The van der Waals surface area contributed by atoms with Crippen LogP contribution in [0.15, 0.2) is 6.20 Å². The molecule has 0 unspecified atom stereocenters. The highest BCUT2D eigenvalue weighted by Crippen LogP contribution is 2.01. The number of rotatable bonds is 7. The summed E-state index contributed by atoms with van der Waals surface area (Å²) < 4.78 is 7.35. The first kappa shape index (κ1) is 15.1. The quantitative estimate of drug-likeness (QED) is 0.754. The van der Waals surface area contributed by atoms with Crippen molar-refractivity contribution in [2.75, 3.05) is 13.2 Å². The molecule has 0 saturated carbocycles. The molecule has 0 amide bonds. The zero-order valence-electron chi connectivity index (χ0n) is 12.2. The van der Waals surface area contributed by atoms with E-state index in [0.717, 1.165) is 25.4 Å². The molecule has 0 spiro atoms. The van der Waals surface area contributed by atoms with Crippen LogP contribution in [0.25, 0.3) is 0 Å². The highest BCUT2D eigenvalue weighted by molar-refractivity contribution is 4.92. The predicted octanol–water partition coefficient (Wildman–Crippen LogP) is 1.84. The van der Waals surface area contributed by atoms with Crippen molar-refractivity contribution in [3.05, 3.63) is 11.9 Å². The molecule has 1 rings (SSSR count). The number of nitrogens with zero attached hydrogens (tertiary/aromatic N) is 3. The lowest BCUT2D eigenvalue weighted by Gasteiger charge is -2.19. The fourth-order valence-electron chi connectivity index (χ4n) is 1.36. The molecule has 0 atom stereocenters. The van der Waals surface area contributed by atoms with E-state index in [0.29, 0.717) is 12.5 Å². The van der Waals surface area contributed by atoms with E-state index in [9.17, 15) is 0 Å². The van der Waals surface area contributed by atoms with Gasteiger partial charge in [-0.25, -0.2) is 4.68 Å². The Morgan fingerprint density at radius 3 is 2.72 bits per heavy atom. The molecule has 0 aliphatic carbocycles. The first-order valence-electron chi connectivity index (χ1n) is 6.58. The fourth-order valence-corrected chi connectivity index (χ4v) is 1.36. The van der Waals surface area contributed by atoms with Crippen LogP contribution in [0, 0.1) is 5.92 Å². The third kappa shape index (κ3) is 6.71. The summed E-state index contributed by atoms with van der Waals surface area (Å²) in [6.45, 7) is 13.7. The van der Waals surface area contributed by atoms with E-state index in [1.54, 1.807) is 0 Å². The summed E-state index contributed by atoms with van der Waals surface area (Å²) in [6, 6.07) is 0. The van der Waals surface area contributed by atoms with Crippen molar-refractivity contribution >= 4 is 0 Å². The molecule has 0 radical (unpaired) electrons. The summed E-state index contributed by atoms with van der Waals surface area (Å²) in [5.74, 6) is 0.576. The van der Waals surface area contributed by atoms with Gasteiger partial charge in [-0.1, -0.05) is 19.1 Å². The summed E-state index contributed by atoms with van der Waals surface area (Å²) in [6.07, 6.45) is 1.97. The van der Waals surface area contributed by atoms with E-state index < -0.39 is 0 Å². The van der Waals surface area contributed by atoms with E-state index >= 15 is 0 Å². The maximum Gasteiger partial charge on any atom is 0.0965 e. The van der Waals surface area contributed by atoms with E-state index in [4.69, 9.17) is 4.74 Å². The number of ether oxygens (including phenoxy) is 1. The summed E-state index contributed by atoms with van der Waals surface area (Å²) in [5.41, 5.74) is 1.07. The molecule has 1 aromatic heterocycles. The molecule has 0 aliphatic heterocycles.